The Bertz CT molecular complexity index is 478. The lowest BCUT2D eigenvalue weighted by molar-refractivity contribution is 1.42. The Balaban J connectivity index is 2.39. The molecule has 0 bridgehead atoms. The molecule has 0 aromatic heterocycles. The molecule has 2 aromatic carbocycles. The molecule has 0 unspecified atom stereocenters. The van der Waals surface area contributed by atoms with Crippen molar-refractivity contribution in [3.8, 4) is 11.1 Å². The topological polar surface area (TPSA) is 0 Å². The molecule has 0 nitrogen and oxygen atoms in total. The van der Waals surface area contributed by atoms with E-state index in [1.165, 1.54) is 5.56 Å². The summed E-state index contributed by atoms with van der Waals surface area (Å²) < 4.78 is 0.195. The third-order valence-electron chi connectivity index (χ3n) is 2.35. The van der Waals surface area contributed by atoms with Crippen LogP contribution in [0.15, 0.2) is 48.5 Å². The van der Waals surface area contributed by atoms with Crippen molar-refractivity contribution in [1.29, 1.82) is 0 Å². The highest BCUT2D eigenvalue weighted by molar-refractivity contribution is 9.24. The molecular weight excluding hydrogens is 351 g/mol. The standard InChI is InChI=1S/C13H9Br2Cl/c14-13(15)10-7-5-9(6-8-10)11-3-1-2-4-12(11)16/h1-8,13H. The summed E-state index contributed by atoms with van der Waals surface area (Å²) in [7, 11) is 0. The van der Waals surface area contributed by atoms with E-state index >= 15 is 0 Å². The molecule has 0 fully saturated rings. The molecule has 82 valence electrons. The van der Waals surface area contributed by atoms with Gasteiger partial charge in [-0.2, -0.15) is 0 Å². The largest absolute Gasteiger partial charge is 0.0946 e. The predicted molar refractivity (Wildman–Crippen MR) is 77.5 cm³/mol. The summed E-state index contributed by atoms with van der Waals surface area (Å²) in [5, 5.41) is 0.782. The van der Waals surface area contributed by atoms with Crippen molar-refractivity contribution in [3.63, 3.8) is 0 Å². The Labute approximate surface area is 117 Å². The van der Waals surface area contributed by atoms with Gasteiger partial charge in [-0.3, -0.25) is 0 Å². The third kappa shape index (κ3) is 2.68. The van der Waals surface area contributed by atoms with Crippen LogP contribution in [-0.4, -0.2) is 0 Å². The van der Waals surface area contributed by atoms with E-state index in [1.54, 1.807) is 0 Å². The lowest BCUT2D eigenvalue weighted by Crippen LogP contribution is -1.82. The molecule has 0 aliphatic heterocycles. The zero-order valence-corrected chi connectivity index (χ0v) is 12.3. The zero-order valence-electron chi connectivity index (χ0n) is 8.33. The van der Waals surface area contributed by atoms with Gasteiger partial charge >= 0.3 is 0 Å². The summed E-state index contributed by atoms with van der Waals surface area (Å²) in [6, 6.07) is 16.2. The molecule has 16 heavy (non-hydrogen) atoms. The normalized spacial score (nSPS) is 10.8. The van der Waals surface area contributed by atoms with Crippen LogP contribution in [0.25, 0.3) is 11.1 Å². The maximum atomic E-state index is 6.14. The smallest absolute Gasteiger partial charge is 0.0837 e. The van der Waals surface area contributed by atoms with Gasteiger partial charge in [0.25, 0.3) is 0 Å². The average molecular weight is 360 g/mol. The van der Waals surface area contributed by atoms with E-state index in [0.29, 0.717) is 0 Å². The number of hydrogen-bond acceptors (Lipinski definition) is 0. The molecule has 0 amide bonds. The number of halogens is 3. The molecule has 0 aliphatic rings. The van der Waals surface area contributed by atoms with Gasteiger partial charge in [0, 0.05) is 10.6 Å². The van der Waals surface area contributed by atoms with Crippen LogP contribution in [0.4, 0.5) is 0 Å². The summed E-state index contributed by atoms with van der Waals surface area (Å²) in [5.74, 6) is 0. The van der Waals surface area contributed by atoms with Crippen LogP contribution < -0.4 is 0 Å². The maximum Gasteiger partial charge on any atom is 0.0946 e. The highest BCUT2D eigenvalue weighted by Crippen LogP contribution is 2.32. The Morgan fingerprint density at radius 1 is 0.875 bits per heavy atom. The van der Waals surface area contributed by atoms with E-state index in [1.807, 2.05) is 24.3 Å². The van der Waals surface area contributed by atoms with E-state index in [9.17, 15) is 0 Å². The van der Waals surface area contributed by atoms with Gasteiger partial charge < -0.3 is 0 Å². The second kappa shape index (κ2) is 5.35. The molecule has 0 saturated carbocycles. The van der Waals surface area contributed by atoms with Crippen LogP contribution in [-0.2, 0) is 0 Å². The quantitative estimate of drug-likeness (QED) is 0.594. The van der Waals surface area contributed by atoms with Gasteiger partial charge in [0.1, 0.15) is 0 Å². The summed E-state index contributed by atoms with van der Waals surface area (Å²) in [6.45, 7) is 0. The molecule has 0 spiro atoms. The molecule has 0 atom stereocenters. The van der Waals surface area contributed by atoms with Crippen LogP contribution in [0.5, 0.6) is 0 Å². The van der Waals surface area contributed by atoms with E-state index in [-0.39, 0.29) is 3.74 Å². The number of benzene rings is 2. The summed E-state index contributed by atoms with van der Waals surface area (Å²) in [6.07, 6.45) is 0. The molecular formula is C13H9Br2Cl. The Kier molecular flexibility index (Phi) is 4.06. The van der Waals surface area contributed by atoms with Crippen LogP contribution >= 0.6 is 43.5 Å². The highest BCUT2D eigenvalue weighted by Gasteiger charge is 2.04. The van der Waals surface area contributed by atoms with Gasteiger partial charge in [-0.05, 0) is 17.2 Å². The first-order chi connectivity index (χ1) is 7.68. The molecule has 2 rings (SSSR count). The van der Waals surface area contributed by atoms with E-state index in [4.69, 9.17) is 11.6 Å². The van der Waals surface area contributed by atoms with Gasteiger partial charge in [0.2, 0.25) is 0 Å². The van der Waals surface area contributed by atoms with Gasteiger partial charge in [0.05, 0.1) is 3.74 Å². The van der Waals surface area contributed by atoms with Gasteiger partial charge in [-0.1, -0.05) is 85.9 Å². The van der Waals surface area contributed by atoms with Crippen molar-refractivity contribution < 1.29 is 0 Å². The van der Waals surface area contributed by atoms with Crippen LogP contribution in [0.2, 0.25) is 5.02 Å². The van der Waals surface area contributed by atoms with Crippen LogP contribution in [0.1, 0.15) is 9.30 Å². The van der Waals surface area contributed by atoms with Crippen molar-refractivity contribution in [2.45, 2.75) is 3.74 Å². The second-order valence-corrected chi connectivity index (χ2v) is 6.87. The lowest BCUT2D eigenvalue weighted by atomic mass is 10.0. The molecule has 3 heteroatoms. The highest BCUT2D eigenvalue weighted by atomic mass is 79.9. The third-order valence-corrected chi connectivity index (χ3v) is 3.73. The maximum absolute atomic E-state index is 6.14. The molecule has 0 N–H and O–H groups in total. The SMILES string of the molecule is Clc1ccccc1-c1ccc(C(Br)Br)cc1. The van der Waals surface area contributed by atoms with Crippen molar-refractivity contribution >= 4 is 43.5 Å². The Morgan fingerprint density at radius 2 is 1.50 bits per heavy atom. The van der Waals surface area contributed by atoms with Gasteiger partial charge in [0.15, 0.2) is 0 Å². The molecule has 0 aliphatic carbocycles. The first kappa shape index (κ1) is 12.2. The summed E-state index contributed by atoms with van der Waals surface area (Å²) in [4.78, 5) is 0. The monoisotopic (exact) mass is 358 g/mol. The van der Waals surface area contributed by atoms with E-state index < -0.39 is 0 Å². The first-order valence-corrected chi connectivity index (χ1v) is 7.02. The summed E-state index contributed by atoms with van der Waals surface area (Å²) in [5.41, 5.74) is 3.39. The van der Waals surface area contributed by atoms with Crippen molar-refractivity contribution in [1.82, 2.24) is 0 Å². The minimum atomic E-state index is 0.195. The van der Waals surface area contributed by atoms with Crippen molar-refractivity contribution in [2.75, 3.05) is 0 Å². The fourth-order valence-electron chi connectivity index (χ4n) is 1.50. The fourth-order valence-corrected chi connectivity index (χ4v) is 2.36. The van der Waals surface area contributed by atoms with Gasteiger partial charge in [-0.15, -0.1) is 0 Å². The van der Waals surface area contributed by atoms with Gasteiger partial charge in [-0.25, -0.2) is 0 Å². The van der Waals surface area contributed by atoms with Crippen molar-refractivity contribution in [2.24, 2.45) is 0 Å². The minimum Gasteiger partial charge on any atom is -0.0837 e. The number of rotatable bonds is 2. The predicted octanol–water partition coefficient (Wildman–Crippen LogP) is 5.80. The van der Waals surface area contributed by atoms with Crippen molar-refractivity contribution in [3.05, 3.63) is 59.1 Å². The van der Waals surface area contributed by atoms with Crippen LogP contribution in [0.3, 0.4) is 0 Å². The number of alkyl halides is 2. The average Bonchev–Trinajstić information content (AvgIpc) is 2.30. The number of hydrogen-bond donors (Lipinski definition) is 0. The fraction of sp³-hybridized carbons (Fsp3) is 0.0769. The Morgan fingerprint density at radius 3 is 2.06 bits per heavy atom. The molecule has 0 heterocycles. The summed E-state index contributed by atoms with van der Waals surface area (Å²) >= 11 is 13.1. The second-order valence-electron chi connectivity index (χ2n) is 3.40. The molecule has 0 saturated heterocycles. The molecule has 2 aromatic rings. The van der Waals surface area contributed by atoms with E-state index in [0.717, 1.165) is 16.1 Å². The lowest BCUT2D eigenvalue weighted by Gasteiger charge is -2.06. The molecule has 0 radical (unpaired) electrons. The zero-order chi connectivity index (χ0) is 11.5. The van der Waals surface area contributed by atoms with E-state index in [2.05, 4.69) is 56.1 Å². The van der Waals surface area contributed by atoms with Crippen LogP contribution in [0, 0.1) is 0 Å². The Hall–Kier alpha value is -0.310. The first-order valence-electron chi connectivity index (χ1n) is 4.81. The minimum absolute atomic E-state index is 0.195.